The monoisotopic (exact) mass is 416 g/mol. The lowest BCUT2D eigenvalue weighted by Gasteiger charge is -2.34. The summed E-state index contributed by atoms with van der Waals surface area (Å²) >= 11 is 0. The van der Waals surface area contributed by atoms with Gasteiger partial charge in [0, 0.05) is 46.2 Å². The van der Waals surface area contributed by atoms with Crippen LogP contribution in [0.2, 0.25) is 0 Å². The Morgan fingerprint density at radius 1 is 1.20 bits per heavy atom. The van der Waals surface area contributed by atoms with Gasteiger partial charge >= 0.3 is 0 Å². The number of carbonyl (C=O) groups is 2. The van der Waals surface area contributed by atoms with Gasteiger partial charge in [0.05, 0.1) is 12.7 Å². The van der Waals surface area contributed by atoms with E-state index in [1.807, 2.05) is 9.47 Å². The summed E-state index contributed by atoms with van der Waals surface area (Å²) in [5, 5.41) is 11.6. The molecule has 1 aliphatic carbocycles. The molecule has 0 radical (unpaired) electrons. The first kappa shape index (κ1) is 20.8. The Labute approximate surface area is 177 Å². The molecule has 3 aliphatic rings. The van der Waals surface area contributed by atoms with Gasteiger partial charge in [0.25, 0.3) is 5.91 Å². The number of aromatic nitrogens is 3. The summed E-state index contributed by atoms with van der Waals surface area (Å²) in [6.07, 6.45) is 9.66. The molecule has 2 atom stereocenters. The highest BCUT2D eigenvalue weighted by Gasteiger charge is 2.31. The molecule has 2 unspecified atom stereocenters. The zero-order valence-electron chi connectivity index (χ0n) is 17.8. The molecule has 0 bridgehead atoms. The number of anilines is 1. The molecule has 164 valence electrons. The molecule has 1 N–H and O–H groups in total. The summed E-state index contributed by atoms with van der Waals surface area (Å²) in [5.41, 5.74) is 0. The van der Waals surface area contributed by atoms with Crippen molar-refractivity contribution in [3.63, 3.8) is 0 Å². The van der Waals surface area contributed by atoms with Crippen LogP contribution in [-0.4, -0.2) is 76.9 Å². The molecule has 9 heteroatoms. The number of morpholine rings is 1. The Morgan fingerprint density at radius 3 is 2.77 bits per heavy atom. The van der Waals surface area contributed by atoms with Gasteiger partial charge in [0.2, 0.25) is 17.7 Å². The van der Waals surface area contributed by atoms with E-state index in [1.165, 1.54) is 6.92 Å². The molecule has 9 nitrogen and oxygen atoms in total. The van der Waals surface area contributed by atoms with E-state index in [0.29, 0.717) is 38.0 Å². The minimum atomic E-state index is -0.108. The standard InChI is InChI=1S/C21H32N6O3/c1-16(28)22-13-18-15-26(11-12-30-18)21-24-23-19(20(29)25-9-5-6-10-25)27(21)14-17-7-3-2-4-8-17/h2-3,17-18H,4-15H2,1H3,(H,22,28). The molecule has 30 heavy (non-hydrogen) atoms. The third-order valence-electron chi connectivity index (χ3n) is 6.13. The summed E-state index contributed by atoms with van der Waals surface area (Å²) in [6.45, 7) is 6.16. The van der Waals surface area contributed by atoms with Crippen LogP contribution < -0.4 is 10.2 Å². The second-order valence-corrected chi connectivity index (χ2v) is 8.46. The van der Waals surface area contributed by atoms with E-state index >= 15 is 0 Å². The highest BCUT2D eigenvalue weighted by Crippen LogP contribution is 2.25. The minimum absolute atomic E-state index is 0.0133. The summed E-state index contributed by atoms with van der Waals surface area (Å²) in [4.78, 5) is 28.4. The quantitative estimate of drug-likeness (QED) is 0.701. The number of allylic oxidation sites excluding steroid dienone is 2. The van der Waals surface area contributed by atoms with Crippen molar-refractivity contribution in [2.45, 2.75) is 51.7 Å². The van der Waals surface area contributed by atoms with Crippen LogP contribution in [0.3, 0.4) is 0 Å². The van der Waals surface area contributed by atoms with Gasteiger partial charge in [-0.1, -0.05) is 12.2 Å². The van der Waals surface area contributed by atoms with E-state index in [-0.39, 0.29) is 17.9 Å². The van der Waals surface area contributed by atoms with Gasteiger partial charge < -0.3 is 19.9 Å². The summed E-state index contributed by atoms with van der Waals surface area (Å²) in [6, 6.07) is 0. The van der Waals surface area contributed by atoms with Crippen LogP contribution in [0.25, 0.3) is 0 Å². The molecule has 0 saturated carbocycles. The fourth-order valence-corrected chi connectivity index (χ4v) is 4.48. The molecule has 2 fully saturated rings. The van der Waals surface area contributed by atoms with Crippen molar-refractivity contribution < 1.29 is 14.3 Å². The Hall–Kier alpha value is -2.42. The molecule has 0 aromatic carbocycles. The maximum atomic E-state index is 13.1. The second kappa shape index (κ2) is 9.59. The van der Waals surface area contributed by atoms with Crippen molar-refractivity contribution in [1.82, 2.24) is 25.0 Å². The molecular weight excluding hydrogens is 384 g/mol. The van der Waals surface area contributed by atoms with Crippen molar-refractivity contribution in [2.75, 3.05) is 44.2 Å². The van der Waals surface area contributed by atoms with Gasteiger partial charge in [0.15, 0.2) is 0 Å². The SMILES string of the molecule is CC(=O)NCC1CN(c2nnc(C(=O)N3CCCC3)n2CC2CC=CCC2)CCO1. The first-order valence-electron chi connectivity index (χ1n) is 11.1. The first-order valence-corrected chi connectivity index (χ1v) is 11.1. The predicted octanol–water partition coefficient (Wildman–Crippen LogP) is 1.21. The highest BCUT2D eigenvalue weighted by atomic mass is 16.5. The largest absolute Gasteiger partial charge is 0.373 e. The average Bonchev–Trinajstić information content (AvgIpc) is 3.43. The molecule has 1 aromatic heterocycles. The van der Waals surface area contributed by atoms with Crippen molar-refractivity contribution in [3.05, 3.63) is 18.0 Å². The van der Waals surface area contributed by atoms with E-state index in [9.17, 15) is 9.59 Å². The molecular formula is C21H32N6O3. The molecule has 1 aromatic rings. The number of carbonyl (C=O) groups excluding carboxylic acids is 2. The van der Waals surface area contributed by atoms with Crippen LogP contribution in [-0.2, 0) is 16.1 Å². The predicted molar refractivity (Wildman–Crippen MR) is 112 cm³/mol. The summed E-state index contributed by atoms with van der Waals surface area (Å²) in [5.74, 6) is 1.59. The zero-order chi connectivity index (χ0) is 20.9. The van der Waals surface area contributed by atoms with Crippen LogP contribution in [0, 0.1) is 5.92 Å². The number of amides is 2. The normalized spacial score (nSPS) is 24.3. The van der Waals surface area contributed by atoms with E-state index in [0.717, 1.165) is 57.7 Å². The summed E-state index contributed by atoms with van der Waals surface area (Å²) < 4.78 is 7.84. The maximum Gasteiger partial charge on any atom is 0.291 e. The molecule has 2 aliphatic heterocycles. The maximum absolute atomic E-state index is 13.1. The van der Waals surface area contributed by atoms with E-state index < -0.39 is 0 Å². The second-order valence-electron chi connectivity index (χ2n) is 8.46. The Balaban J connectivity index is 1.55. The van der Waals surface area contributed by atoms with Crippen LogP contribution in [0.4, 0.5) is 5.95 Å². The Bertz CT molecular complexity index is 786. The number of nitrogens with one attached hydrogen (secondary N) is 1. The molecule has 2 saturated heterocycles. The number of hydrogen-bond acceptors (Lipinski definition) is 6. The van der Waals surface area contributed by atoms with Gasteiger partial charge in [-0.2, -0.15) is 0 Å². The fraction of sp³-hybridized carbons (Fsp3) is 0.714. The van der Waals surface area contributed by atoms with E-state index in [1.54, 1.807) is 0 Å². The summed E-state index contributed by atoms with van der Waals surface area (Å²) in [7, 11) is 0. The third kappa shape index (κ3) is 4.83. The molecule has 3 heterocycles. The zero-order valence-corrected chi connectivity index (χ0v) is 17.8. The van der Waals surface area contributed by atoms with Gasteiger partial charge in [-0.15, -0.1) is 10.2 Å². The van der Waals surface area contributed by atoms with Crippen molar-refractivity contribution in [2.24, 2.45) is 5.92 Å². The lowest BCUT2D eigenvalue weighted by molar-refractivity contribution is -0.119. The van der Waals surface area contributed by atoms with E-state index in [2.05, 4.69) is 32.6 Å². The fourth-order valence-electron chi connectivity index (χ4n) is 4.48. The van der Waals surface area contributed by atoms with Gasteiger partial charge in [-0.3, -0.25) is 14.2 Å². The van der Waals surface area contributed by atoms with Crippen LogP contribution in [0.5, 0.6) is 0 Å². The number of likely N-dealkylation sites (tertiary alicyclic amines) is 1. The number of ether oxygens (including phenoxy) is 1. The number of nitrogens with zero attached hydrogens (tertiary/aromatic N) is 5. The van der Waals surface area contributed by atoms with Crippen molar-refractivity contribution >= 4 is 17.8 Å². The van der Waals surface area contributed by atoms with Crippen LogP contribution in [0.1, 0.15) is 49.6 Å². The first-order chi connectivity index (χ1) is 14.6. The topological polar surface area (TPSA) is 92.6 Å². The Kier molecular flexibility index (Phi) is 6.66. The van der Waals surface area contributed by atoms with Gasteiger partial charge in [-0.05, 0) is 38.0 Å². The highest BCUT2D eigenvalue weighted by molar-refractivity contribution is 5.91. The van der Waals surface area contributed by atoms with Gasteiger partial charge in [-0.25, -0.2) is 0 Å². The lowest BCUT2D eigenvalue weighted by Crippen LogP contribution is -2.48. The Morgan fingerprint density at radius 2 is 2.03 bits per heavy atom. The molecule has 0 spiro atoms. The van der Waals surface area contributed by atoms with Crippen molar-refractivity contribution in [1.29, 1.82) is 0 Å². The third-order valence-corrected chi connectivity index (χ3v) is 6.13. The average molecular weight is 417 g/mol. The molecule has 2 amide bonds. The minimum Gasteiger partial charge on any atom is -0.373 e. The van der Waals surface area contributed by atoms with Crippen LogP contribution >= 0.6 is 0 Å². The van der Waals surface area contributed by atoms with E-state index in [4.69, 9.17) is 4.74 Å². The number of rotatable bonds is 6. The number of hydrogen-bond donors (Lipinski definition) is 1. The lowest BCUT2D eigenvalue weighted by atomic mass is 9.94. The van der Waals surface area contributed by atoms with Crippen LogP contribution in [0.15, 0.2) is 12.2 Å². The smallest absolute Gasteiger partial charge is 0.291 e. The van der Waals surface area contributed by atoms with Gasteiger partial charge in [0.1, 0.15) is 0 Å². The van der Waals surface area contributed by atoms with Crippen molar-refractivity contribution in [3.8, 4) is 0 Å². The molecule has 4 rings (SSSR count).